The lowest BCUT2D eigenvalue weighted by atomic mass is 10.0. The summed E-state index contributed by atoms with van der Waals surface area (Å²) in [6, 6.07) is 2.48. The molecule has 14 heavy (non-hydrogen) atoms. The molecule has 0 aliphatic rings. The highest BCUT2D eigenvalue weighted by molar-refractivity contribution is 5.35. The Labute approximate surface area is 78.5 Å². The summed E-state index contributed by atoms with van der Waals surface area (Å²) in [6.45, 7) is 0.974. The third-order valence-electron chi connectivity index (χ3n) is 1.93. The highest BCUT2D eigenvalue weighted by atomic mass is 19.4. The molecule has 0 unspecified atom stereocenters. The predicted octanol–water partition coefficient (Wildman–Crippen LogP) is 2.61. The first-order chi connectivity index (χ1) is 6.38. The summed E-state index contributed by atoms with van der Waals surface area (Å²) in [5, 5.41) is 0. The van der Waals surface area contributed by atoms with Gasteiger partial charge in [0.25, 0.3) is 0 Å². The number of hydrogen-bond acceptors (Lipinski definition) is 1. The van der Waals surface area contributed by atoms with Gasteiger partial charge in [0.05, 0.1) is 5.56 Å². The molecule has 0 heterocycles. The molecule has 0 saturated heterocycles. The number of benzene rings is 1. The van der Waals surface area contributed by atoms with Crippen molar-refractivity contribution < 1.29 is 17.6 Å². The Morgan fingerprint density at radius 3 is 2.29 bits per heavy atom. The maximum atomic E-state index is 13.2. The molecule has 0 radical (unpaired) electrons. The van der Waals surface area contributed by atoms with Crippen molar-refractivity contribution in [3.8, 4) is 0 Å². The molecule has 1 rings (SSSR count). The van der Waals surface area contributed by atoms with Crippen LogP contribution in [-0.4, -0.2) is 0 Å². The van der Waals surface area contributed by atoms with Gasteiger partial charge in [-0.15, -0.1) is 0 Å². The topological polar surface area (TPSA) is 26.0 Å². The van der Waals surface area contributed by atoms with Crippen LogP contribution in [0, 0.1) is 12.7 Å². The van der Waals surface area contributed by atoms with E-state index < -0.39 is 17.6 Å². The fourth-order valence-electron chi connectivity index (χ4n) is 1.22. The van der Waals surface area contributed by atoms with Crippen molar-refractivity contribution in [2.75, 3.05) is 0 Å². The Balaban J connectivity index is 3.40. The SMILES string of the molecule is Cc1ccc(CN)c(F)c1C(F)(F)F. The van der Waals surface area contributed by atoms with E-state index in [2.05, 4.69) is 0 Å². The van der Waals surface area contributed by atoms with E-state index in [1.807, 2.05) is 0 Å². The maximum Gasteiger partial charge on any atom is 0.419 e. The van der Waals surface area contributed by atoms with E-state index >= 15 is 0 Å². The highest BCUT2D eigenvalue weighted by Crippen LogP contribution is 2.34. The summed E-state index contributed by atoms with van der Waals surface area (Å²) < 4.78 is 50.3. The third kappa shape index (κ3) is 1.87. The number of nitrogens with two attached hydrogens (primary N) is 1. The monoisotopic (exact) mass is 207 g/mol. The minimum absolute atomic E-state index is 0.122. The zero-order valence-electron chi connectivity index (χ0n) is 7.45. The van der Waals surface area contributed by atoms with Crippen LogP contribution in [0.15, 0.2) is 12.1 Å². The van der Waals surface area contributed by atoms with Crippen molar-refractivity contribution >= 4 is 0 Å². The third-order valence-corrected chi connectivity index (χ3v) is 1.93. The van der Waals surface area contributed by atoms with Crippen molar-refractivity contribution in [1.82, 2.24) is 0 Å². The molecule has 2 N–H and O–H groups in total. The highest BCUT2D eigenvalue weighted by Gasteiger charge is 2.36. The van der Waals surface area contributed by atoms with Crippen molar-refractivity contribution in [3.63, 3.8) is 0 Å². The second-order valence-corrected chi connectivity index (χ2v) is 2.93. The molecular weight excluding hydrogens is 198 g/mol. The van der Waals surface area contributed by atoms with E-state index in [9.17, 15) is 17.6 Å². The molecule has 0 fully saturated rings. The molecule has 0 aromatic heterocycles. The van der Waals surface area contributed by atoms with E-state index in [-0.39, 0.29) is 17.7 Å². The van der Waals surface area contributed by atoms with Crippen LogP contribution in [0.5, 0.6) is 0 Å². The maximum absolute atomic E-state index is 13.2. The van der Waals surface area contributed by atoms with Gasteiger partial charge in [0, 0.05) is 12.1 Å². The van der Waals surface area contributed by atoms with Gasteiger partial charge in [-0.25, -0.2) is 4.39 Å². The molecule has 0 bridgehead atoms. The van der Waals surface area contributed by atoms with E-state index in [1.54, 1.807) is 0 Å². The van der Waals surface area contributed by atoms with E-state index in [4.69, 9.17) is 5.73 Å². The van der Waals surface area contributed by atoms with Crippen molar-refractivity contribution in [3.05, 3.63) is 34.6 Å². The summed E-state index contributed by atoms with van der Waals surface area (Å²) in [5.74, 6) is -1.26. The molecule has 1 nitrogen and oxygen atoms in total. The Morgan fingerprint density at radius 1 is 1.29 bits per heavy atom. The largest absolute Gasteiger partial charge is 0.419 e. The number of aryl methyl sites for hydroxylation is 1. The van der Waals surface area contributed by atoms with Gasteiger partial charge in [-0.1, -0.05) is 12.1 Å². The number of rotatable bonds is 1. The molecule has 0 aliphatic carbocycles. The first kappa shape index (κ1) is 11.0. The molecule has 78 valence electrons. The van der Waals surface area contributed by atoms with E-state index in [0.717, 1.165) is 0 Å². The number of alkyl halides is 3. The van der Waals surface area contributed by atoms with Crippen LogP contribution in [0.3, 0.4) is 0 Å². The molecule has 0 aliphatic heterocycles. The Morgan fingerprint density at radius 2 is 1.86 bits per heavy atom. The van der Waals surface area contributed by atoms with E-state index in [1.165, 1.54) is 19.1 Å². The van der Waals surface area contributed by atoms with Crippen LogP contribution in [-0.2, 0) is 12.7 Å². The molecule has 5 heteroatoms. The molecular formula is C9H9F4N. The van der Waals surface area contributed by atoms with Crippen molar-refractivity contribution in [2.45, 2.75) is 19.6 Å². The Bertz CT molecular complexity index is 343. The lowest BCUT2D eigenvalue weighted by molar-refractivity contribution is -0.140. The van der Waals surface area contributed by atoms with Gasteiger partial charge in [0.2, 0.25) is 0 Å². The summed E-state index contributed by atoms with van der Waals surface area (Å²) in [7, 11) is 0. The summed E-state index contributed by atoms with van der Waals surface area (Å²) in [5.41, 5.74) is 3.63. The van der Waals surface area contributed by atoms with Crippen molar-refractivity contribution in [1.29, 1.82) is 0 Å². The standard InChI is InChI=1S/C9H9F4N/c1-5-2-3-6(4-14)8(10)7(5)9(11,12)13/h2-3H,4,14H2,1H3. The van der Waals surface area contributed by atoms with Gasteiger partial charge < -0.3 is 5.73 Å². The zero-order chi connectivity index (χ0) is 10.9. The molecule has 0 amide bonds. The predicted molar refractivity (Wildman–Crippen MR) is 44.0 cm³/mol. The first-order valence-corrected chi connectivity index (χ1v) is 3.93. The lowest BCUT2D eigenvalue weighted by Crippen LogP contribution is -2.13. The lowest BCUT2D eigenvalue weighted by Gasteiger charge is -2.13. The Hall–Kier alpha value is -1.10. The Kier molecular flexibility index (Phi) is 2.80. The van der Waals surface area contributed by atoms with Gasteiger partial charge in [-0.2, -0.15) is 13.2 Å². The number of hydrogen-bond donors (Lipinski definition) is 1. The van der Waals surface area contributed by atoms with Crippen LogP contribution in [0.25, 0.3) is 0 Å². The first-order valence-electron chi connectivity index (χ1n) is 3.93. The van der Waals surface area contributed by atoms with Crippen LogP contribution in [0.1, 0.15) is 16.7 Å². The quantitative estimate of drug-likeness (QED) is 0.704. The smallest absolute Gasteiger partial charge is 0.326 e. The molecule has 1 aromatic carbocycles. The van der Waals surface area contributed by atoms with Crippen molar-refractivity contribution in [2.24, 2.45) is 5.73 Å². The normalized spacial score (nSPS) is 11.9. The van der Waals surface area contributed by atoms with Gasteiger partial charge in [0.15, 0.2) is 0 Å². The van der Waals surface area contributed by atoms with Gasteiger partial charge in [-0.3, -0.25) is 0 Å². The van der Waals surface area contributed by atoms with Gasteiger partial charge in [0.1, 0.15) is 5.82 Å². The van der Waals surface area contributed by atoms with Crippen LogP contribution < -0.4 is 5.73 Å². The van der Waals surface area contributed by atoms with Crippen LogP contribution in [0.2, 0.25) is 0 Å². The summed E-state index contributed by atoms with van der Waals surface area (Å²) >= 11 is 0. The minimum Gasteiger partial charge on any atom is -0.326 e. The van der Waals surface area contributed by atoms with E-state index in [0.29, 0.717) is 0 Å². The van der Waals surface area contributed by atoms with Gasteiger partial charge >= 0.3 is 6.18 Å². The van der Waals surface area contributed by atoms with Crippen LogP contribution in [0.4, 0.5) is 17.6 Å². The fraction of sp³-hybridized carbons (Fsp3) is 0.333. The molecule has 1 aromatic rings. The fourth-order valence-corrected chi connectivity index (χ4v) is 1.22. The van der Waals surface area contributed by atoms with Gasteiger partial charge in [-0.05, 0) is 12.5 Å². The summed E-state index contributed by atoms with van der Waals surface area (Å²) in [6.07, 6.45) is -4.67. The number of halogens is 4. The van der Waals surface area contributed by atoms with Crippen LogP contribution >= 0.6 is 0 Å². The second-order valence-electron chi connectivity index (χ2n) is 2.93. The second kappa shape index (κ2) is 3.57. The summed E-state index contributed by atoms with van der Waals surface area (Å²) in [4.78, 5) is 0. The minimum atomic E-state index is -4.67. The average Bonchev–Trinajstić information content (AvgIpc) is 2.02. The molecule has 0 spiro atoms. The molecule has 0 saturated carbocycles. The average molecular weight is 207 g/mol. The zero-order valence-corrected chi connectivity index (χ0v) is 7.45. The molecule has 0 atom stereocenters.